The minimum absolute atomic E-state index is 0.0814. The van der Waals surface area contributed by atoms with Crippen LogP contribution in [-0.2, 0) is 0 Å². The molecule has 0 saturated carbocycles. The minimum Gasteiger partial charge on any atom is -0.507 e. The summed E-state index contributed by atoms with van der Waals surface area (Å²) in [5, 5.41) is 12.3. The number of amides is 1. The molecule has 1 rings (SSSR count). The van der Waals surface area contributed by atoms with E-state index in [1.165, 1.54) is 12.1 Å². The third-order valence-corrected chi connectivity index (χ3v) is 2.27. The van der Waals surface area contributed by atoms with Gasteiger partial charge in [-0.1, -0.05) is 34.1 Å². The molecule has 1 amide bonds. The first-order valence-corrected chi connectivity index (χ1v) is 5.28. The zero-order chi connectivity index (χ0) is 11.4. The lowest BCUT2D eigenvalue weighted by Gasteiger charge is -2.05. The summed E-state index contributed by atoms with van der Waals surface area (Å²) in [6, 6.07) is 4.64. The quantitative estimate of drug-likeness (QED) is 0.899. The fraction of sp³-hybridized carbons (Fsp3) is 0.100. The third-order valence-electron chi connectivity index (χ3n) is 1.65. The number of hydrogen-bond acceptors (Lipinski definition) is 2. The molecule has 1 aromatic rings. The van der Waals surface area contributed by atoms with Crippen molar-refractivity contribution < 1.29 is 9.90 Å². The molecule has 0 aliphatic rings. The van der Waals surface area contributed by atoms with E-state index in [1.54, 1.807) is 6.07 Å². The topological polar surface area (TPSA) is 49.3 Å². The molecule has 80 valence electrons. The molecule has 0 atom stereocenters. The Kier molecular flexibility index (Phi) is 4.17. The van der Waals surface area contributed by atoms with Crippen LogP contribution in [0.1, 0.15) is 10.4 Å². The zero-order valence-electron chi connectivity index (χ0n) is 7.76. The highest BCUT2D eigenvalue weighted by Gasteiger charge is 2.10. The highest BCUT2D eigenvalue weighted by Crippen LogP contribution is 2.22. The van der Waals surface area contributed by atoms with E-state index in [1.807, 2.05) is 0 Å². The average Bonchev–Trinajstić information content (AvgIpc) is 2.14. The van der Waals surface area contributed by atoms with Crippen LogP contribution in [0, 0.1) is 0 Å². The summed E-state index contributed by atoms with van der Waals surface area (Å²) in [6.45, 7) is 3.61. The van der Waals surface area contributed by atoms with E-state index in [0.717, 1.165) is 0 Å². The molecule has 0 spiro atoms. The van der Waals surface area contributed by atoms with Crippen LogP contribution in [0.3, 0.4) is 0 Å². The van der Waals surface area contributed by atoms with Crippen molar-refractivity contribution in [1.29, 1.82) is 0 Å². The number of benzene rings is 1. The molecule has 0 bridgehead atoms. The Morgan fingerprint density at radius 1 is 1.60 bits per heavy atom. The average molecular weight is 291 g/mol. The highest BCUT2D eigenvalue weighted by molar-refractivity contribution is 9.10. The third kappa shape index (κ3) is 3.57. The van der Waals surface area contributed by atoms with Crippen LogP contribution >= 0.6 is 27.5 Å². The van der Waals surface area contributed by atoms with E-state index in [-0.39, 0.29) is 23.8 Å². The standard InChI is InChI=1S/C10H9BrClNO2/c1-6(12)5-13-10(15)8-3-2-7(11)4-9(8)14/h2-4,14H,1,5H2,(H,13,15). The monoisotopic (exact) mass is 289 g/mol. The van der Waals surface area contributed by atoms with Crippen molar-refractivity contribution in [3.05, 3.63) is 39.8 Å². The second kappa shape index (κ2) is 5.19. The van der Waals surface area contributed by atoms with Gasteiger partial charge in [-0.05, 0) is 18.2 Å². The van der Waals surface area contributed by atoms with Gasteiger partial charge in [-0.15, -0.1) is 0 Å². The van der Waals surface area contributed by atoms with Gasteiger partial charge in [0.25, 0.3) is 5.91 Å². The second-order valence-electron chi connectivity index (χ2n) is 2.86. The van der Waals surface area contributed by atoms with Gasteiger partial charge >= 0.3 is 0 Å². The van der Waals surface area contributed by atoms with Gasteiger partial charge < -0.3 is 10.4 Å². The van der Waals surface area contributed by atoms with Gasteiger partial charge in [0.05, 0.1) is 12.1 Å². The van der Waals surface area contributed by atoms with E-state index in [9.17, 15) is 9.90 Å². The molecular formula is C10H9BrClNO2. The normalized spacial score (nSPS) is 9.73. The van der Waals surface area contributed by atoms with E-state index in [0.29, 0.717) is 9.51 Å². The number of hydrogen-bond donors (Lipinski definition) is 2. The molecular weight excluding hydrogens is 281 g/mol. The Hall–Kier alpha value is -1.00. The number of aromatic hydroxyl groups is 1. The van der Waals surface area contributed by atoms with Gasteiger partial charge in [0.2, 0.25) is 0 Å². The molecule has 0 unspecified atom stereocenters. The maximum absolute atomic E-state index is 11.5. The maximum Gasteiger partial charge on any atom is 0.255 e. The first-order chi connectivity index (χ1) is 7.00. The molecule has 1 aromatic carbocycles. The lowest BCUT2D eigenvalue weighted by Crippen LogP contribution is -2.24. The molecule has 5 heteroatoms. The Labute approximate surface area is 101 Å². The number of carbonyl (C=O) groups is 1. The number of phenols is 1. The Balaban J connectivity index is 2.78. The molecule has 15 heavy (non-hydrogen) atoms. The Morgan fingerprint density at radius 2 is 2.27 bits per heavy atom. The summed E-state index contributed by atoms with van der Waals surface area (Å²) >= 11 is 8.68. The predicted molar refractivity (Wildman–Crippen MR) is 63.1 cm³/mol. The second-order valence-corrected chi connectivity index (χ2v) is 4.31. The van der Waals surface area contributed by atoms with Gasteiger partial charge in [-0.3, -0.25) is 4.79 Å². The SMILES string of the molecule is C=C(Cl)CNC(=O)c1ccc(Br)cc1O. The molecule has 0 aliphatic carbocycles. The van der Waals surface area contributed by atoms with Crippen molar-refractivity contribution >= 4 is 33.4 Å². The predicted octanol–water partition coefficient (Wildman–Crippen LogP) is 2.64. The fourth-order valence-corrected chi connectivity index (χ4v) is 1.38. The summed E-state index contributed by atoms with van der Waals surface area (Å²) in [6.07, 6.45) is 0. The van der Waals surface area contributed by atoms with E-state index in [2.05, 4.69) is 27.8 Å². The molecule has 2 N–H and O–H groups in total. The smallest absolute Gasteiger partial charge is 0.255 e. The fourth-order valence-electron chi connectivity index (χ4n) is 0.968. The van der Waals surface area contributed by atoms with Crippen LogP contribution in [0.25, 0.3) is 0 Å². The number of halogens is 2. The Bertz CT molecular complexity index is 406. The number of rotatable bonds is 3. The van der Waals surface area contributed by atoms with Crippen molar-refractivity contribution in [3.63, 3.8) is 0 Å². The molecule has 0 aromatic heterocycles. The molecule has 0 aliphatic heterocycles. The maximum atomic E-state index is 11.5. The Morgan fingerprint density at radius 3 is 2.80 bits per heavy atom. The van der Waals surface area contributed by atoms with Crippen LogP contribution in [0.5, 0.6) is 5.75 Å². The molecule has 0 saturated heterocycles. The number of carbonyl (C=O) groups excluding carboxylic acids is 1. The molecule has 0 heterocycles. The van der Waals surface area contributed by atoms with Crippen molar-refractivity contribution in [2.75, 3.05) is 6.54 Å². The van der Waals surface area contributed by atoms with E-state index in [4.69, 9.17) is 11.6 Å². The van der Waals surface area contributed by atoms with Crippen molar-refractivity contribution in [2.24, 2.45) is 0 Å². The van der Waals surface area contributed by atoms with Gasteiger partial charge in [-0.25, -0.2) is 0 Å². The van der Waals surface area contributed by atoms with Gasteiger partial charge in [0.15, 0.2) is 0 Å². The van der Waals surface area contributed by atoms with Crippen LogP contribution in [0.4, 0.5) is 0 Å². The van der Waals surface area contributed by atoms with Crippen LogP contribution < -0.4 is 5.32 Å². The largest absolute Gasteiger partial charge is 0.507 e. The van der Waals surface area contributed by atoms with Gasteiger partial charge in [-0.2, -0.15) is 0 Å². The molecule has 3 nitrogen and oxygen atoms in total. The van der Waals surface area contributed by atoms with Crippen molar-refractivity contribution in [1.82, 2.24) is 5.32 Å². The first kappa shape index (κ1) is 12.1. The van der Waals surface area contributed by atoms with Crippen LogP contribution in [-0.4, -0.2) is 17.6 Å². The zero-order valence-corrected chi connectivity index (χ0v) is 10.1. The first-order valence-electron chi connectivity index (χ1n) is 4.10. The minimum atomic E-state index is -0.387. The summed E-state index contributed by atoms with van der Waals surface area (Å²) in [5.74, 6) is -0.469. The van der Waals surface area contributed by atoms with E-state index < -0.39 is 0 Å². The van der Waals surface area contributed by atoms with E-state index >= 15 is 0 Å². The molecule has 0 radical (unpaired) electrons. The van der Waals surface area contributed by atoms with Crippen LogP contribution in [0.2, 0.25) is 0 Å². The summed E-state index contributed by atoms with van der Waals surface area (Å²) < 4.78 is 0.707. The van der Waals surface area contributed by atoms with Crippen molar-refractivity contribution in [3.8, 4) is 5.75 Å². The van der Waals surface area contributed by atoms with Gasteiger partial charge in [0.1, 0.15) is 5.75 Å². The van der Waals surface area contributed by atoms with Crippen molar-refractivity contribution in [2.45, 2.75) is 0 Å². The number of nitrogens with one attached hydrogen (secondary N) is 1. The lowest BCUT2D eigenvalue weighted by atomic mass is 10.2. The summed E-state index contributed by atoms with van der Waals surface area (Å²) in [7, 11) is 0. The van der Waals surface area contributed by atoms with Gasteiger partial charge in [0, 0.05) is 9.51 Å². The summed E-state index contributed by atoms with van der Waals surface area (Å²) in [5.41, 5.74) is 0.205. The summed E-state index contributed by atoms with van der Waals surface area (Å²) in [4.78, 5) is 11.5. The highest BCUT2D eigenvalue weighted by atomic mass is 79.9. The number of phenolic OH excluding ortho intramolecular Hbond substituents is 1. The molecule has 0 fully saturated rings. The lowest BCUT2D eigenvalue weighted by molar-refractivity contribution is 0.0955. The van der Waals surface area contributed by atoms with Crippen LogP contribution in [0.15, 0.2) is 34.3 Å².